The number of rotatable bonds is 2. The topological polar surface area (TPSA) is 66.3 Å². The molecule has 1 aromatic heterocycles. The highest BCUT2D eigenvalue weighted by molar-refractivity contribution is 5.89. The molecule has 104 valence electrons. The van der Waals surface area contributed by atoms with Gasteiger partial charge in [0.15, 0.2) is 0 Å². The van der Waals surface area contributed by atoms with E-state index in [2.05, 4.69) is 14.9 Å². The van der Waals surface area contributed by atoms with Crippen LogP contribution >= 0.6 is 0 Å². The van der Waals surface area contributed by atoms with Crippen molar-refractivity contribution in [1.82, 2.24) is 9.97 Å². The van der Waals surface area contributed by atoms with Crippen LogP contribution < -0.4 is 4.90 Å². The number of carbonyl (C=O) groups is 1. The third kappa shape index (κ3) is 2.09. The molecule has 0 spiro atoms. The van der Waals surface area contributed by atoms with Gasteiger partial charge in [0.2, 0.25) is 0 Å². The smallest absolute Gasteiger partial charge is 0.309 e. The molecule has 2 heterocycles. The lowest BCUT2D eigenvalue weighted by Gasteiger charge is -2.37. The van der Waals surface area contributed by atoms with Gasteiger partial charge in [0.05, 0.1) is 10.9 Å². The summed E-state index contributed by atoms with van der Waals surface area (Å²) < 4.78 is 0. The minimum atomic E-state index is -0.704. The zero-order valence-corrected chi connectivity index (χ0v) is 11.4. The van der Waals surface area contributed by atoms with Gasteiger partial charge in [-0.2, -0.15) is 0 Å². The van der Waals surface area contributed by atoms with Crippen molar-refractivity contribution >= 4 is 22.7 Å². The quantitative estimate of drug-likeness (QED) is 0.908. The number of benzene rings is 1. The fourth-order valence-electron chi connectivity index (χ4n) is 2.67. The monoisotopic (exact) mass is 271 g/mol. The lowest BCUT2D eigenvalue weighted by Crippen LogP contribution is -2.43. The Morgan fingerprint density at radius 2 is 1.95 bits per heavy atom. The van der Waals surface area contributed by atoms with Crippen LogP contribution in [0, 0.1) is 5.41 Å². The molecular weight excluding hydrogens is 254 g/mol. The Hall–Kier alpha value is -2.17. The number of carboxylic acids is 1. The molecule has 0 radical (unpaired) electrons. The van der Waals surface area contributed by atoms with E-state index in [1.165, 1.54) is 0 Å². The van der Waals surface area contributed by atoms with Crippen LogP contribution in [0.4, 0.5) is 5.82 Å². The van der Waals surface area contributed by atoms with E-state index in [-0.39, 0.29) is 0 Å². The summed E-state index contributed by atoms with van der Waals surface area (Å²) in [6, 6.07) is 7.90. The van der Waals surface area contributed by atoms with Crippen LogP contribution in [0.15, 0.2) is 30.6 Å². The molecule has 0 bridgehead atoms. The largest absolute Gasteiger partial charge is 0.481 e. The molecule has 0 aliphatic carbocycles. The number of anilines is 1. The zero-order valence-electron chi connectivity index (χ0n) is 11.4. The van der Waals surface area contributed by atoms with Gasteiger partial charge in [0.1, 0.15) is 12.1 Å². The summed E-state index contributed by atoms with van der Waals surface area (Å²) in [4.78, 5) is 22.1. The first-order valence-electron chi connectivity index (χ1n) is 6.78. The fourth-order valence-corrected chi connectivity index (χ4v) is 2.67. The molecule has 1 N–H and O–H groups in total. The third-order valence-electron chi connectivity index (χ3n) is 4.20. The van der Waals surface area contributed by atoms with Crippen molar-refractivity contribution in [2.45, 2.75) is 19.8 Å². The minimum Gasteiger partial charge on any atom is -0.481 e. The van der Waals surface area contributed by atoms with Crippen molar-refractivity contribution in [1.29, 1.82) is 0 Å². The molecule has 0 unspecified atom stereocenters. The Balaban J connectivity index is 1.89. The van der Waals surface area contributed by atoms with Crippen molar-refractivity contribution in [2.75, 3.05) is 18.0 Å². The average molecular weight is 271 g/mol. The molecule has 1 aliphatic heterocycles. The van der Waals surface area contributed by atoms with Crippen LogP contribution in [0.3, 0.4) is 0 Å². The van der Waals surface area contributed by atoms with Crippen LogP contribution in [0.1, 0.15) is 19.8 Å². The highest BCUT2D eigenvalue weighted by Crippen LogP contribution is 2.34. The van der Waals surface area contributed by atoms with Gasteiger partial charge in [0.25, 0.3) is 0 Å². The number of carboxylic acid groups (broad SMARTS) is 1. The molecule has 5 nitrogen and oxygen atoms in total. The summed E-state index contributed by atoms with van der Waals surface area (Å²) in [6.07, 6.45) is 2.85. The van der Waals surface area contributed by atoms with Gasteiger partial charge in [-0.3, -0.25) is 4.79 Å². The molecule has 1 aliphatic rings. The Bertz CT molecular complexity index is 643. The fraction of sp³-hybridized carbons (Fsp3) is 0.400. The molecular formula is C15H17N3O2. The number of fused-ring (bicyclic) bond motifs is 1. The number of hydrogen-bond acceptors (Lipinski definition) is 4. The molecule has 1 fully saturated rings. The second-order valence-corrected chi connectivity index (χ2v) is 5.57. The van der Waals surface area contributed by atoms with E-state index in [0.717, 1.165) is 16.7 Å². The number of hydrogen-bond donors (Lipinski definition) is 1. The molecule has 5 heteroatoms. The van der Waals surface area contributed by atoms with Gasteiger partial charge in [-0.15, -0.1) is 0 Å². The van der Waals surface area contributed by atoms with E-state index in [9.17, 15) is 9.90 Å². The summed E-state index contributed by atoms with van der Waals surface area (Å²) >= 11 is 0. The van der Waals surface area contributed by atoms with Crippen LogP contribution in [0.5, 0.6) is 0 Å². The lowest BCUT2D eigenvalue weighted by atomic mass is 9.80. The van der Waals surface area contributed by atoms with Crippen LogP contribution in [0.25, 0.3) is 10.9 Å². The van der Waals surface area contributed by atoms with E-state index in [0.29, 0.717) is 25.9 Å². The molecule has 0 amide bonds. The third-order valence-corrected chi connectivity index (χ3v) is 4.20. The molecule has 2 aromatic rings. The van der Waals surface area contributed by atoms with E-state index < -0.39 is 11.4 Å². The van der Waals surface area contributed by atoms with E-state index in [1.807, 2.05) is 31.2 Å². The van der Waals surface area contributed by atoms with E-state index in [1.54, 1.807) is 6.33 Å². The molecule has 0 saturated carbocycles. The maximum absolute atomic E-state index is 11.3. The summed E-state index contributed by atoms with van der Waals surface area (Å²) in [5.41, 5.74) is 0.309. The van der Waals surface area contributed by atoms with Crippen LogP contribution in [0.2, 0.25) is 0 Å². The Kier molecular flexibility index (Phi) is 3.04. The molecule has 20 heavy (non-hydrogen) atoms. The average Bonchev–Trinajstić information content (AvgIpc) is 2.47. The SMILES string of the molecule is CC1(C(=O)O)CCN(c2ncnc3ccccc23)CC1. The molecule has 1 saturated heterocycles. The van der Waals surface area contributed by atoms with Crippen molar-refractivity contribution in [3.05, 3.63) is 30.6 Å². The lowest BCUT2D eigenvalue weighted by molar-refractivity contribution is -0.149. The highest BCUT2D eigenvalue weighted by atomic mass is 16.4. The van der Waals surface area contributed by atoms with Gasteiger partial charge < -0.3 is 10.0 Å². The summed E-state index contributed by atoms with van der Waals surface area (Å²) in [5.74, 6) is 0.202. The van der Waals surface area contributed by atoms with Crippen molar-refractivity contribution in [2.24, 2.45) is 5.41 Å². The zero-order chi connectivity index (χ0) is 14.2. The summed E-state index contributed by atoms with van der Waals surface area (Å²) in [5, 5.41) is 10.3. The second-order valence-electron chi connectivity index (χ2n) is 5.57. The van der Waals surface area contributed by atoms with E-state index in [4.69, 9.17) is 0 Å². The first-order chi connectivity index (χ1) is 9.60. The normalized spacial score (nSPS) is 18.1. The number of aromatic nitrogens is 2. The minimum absolute atomic E-state index is 0.612. The molecule has 3 rings (SSSR count). The van der Waals surface area contributed by atoms with Gasteiger partial charge >= 0.3 is 5.97 Å². The Morgan fingerprint density at radius 1 is 1.25 bits per heavy atom. The van der Waals surface area contributed by atoms with Gasteiger partial charge in [-0.05, 0) is 31.9 Å². The summed E-state index contributed by atoms with van der Waals surface area (Å²) in [6.45, 7) is 3.25. The Morgan fingerprint density at radius 3 is 2.65 bits per heavy atom. The first kappa shape index (κ1) is 12.8. The Labute approximate surface area is 117 Å². The number of nitrogens with zero attached hydrogens (tertiary/aromatic N) is 3. The predicted molar refractivity (Wildman–Crippen MR) is 76.7 cm³/mol. The van der Waals surface area contributed by atoms with Crippen molar-refractivity contribution < 1.29 is 9.90 Å². The number of piperidine rings is 1. The molecule has 1 aromatic carbocycles. The van der Waals surface area contributed by atoms with Crippen LogP contribution in [-0.2, 0) is 4.79 Å². The maximum atomic E-state index is 11.3. The van der Waals surface area contributed by atoms with Crippen molar-refractivity contribution in [3.8, 4) is 0 Å². The highest BCUT2D eigenvalue weighted by Gasteiger charge is 2.37. The van der Waals surface area contributed by atoms with Crippen molar-refractivity contribution in [3.63, 3.8) is 0 Å². The number of aliphatic carboxylic acids is 1. The van der Waals surface area contributed by atoms with Crippen LogP contribution in [-0.4, -0.2) is 34.1 Å². The molecule has 0 atom stereocenters. The predicted octanol–water partition coefficient (Wildman–Crippen LogP) is 2.32. The van der Waals surface area contributed by atoms with E-state index >= 15 is 0 Å². The van der Waals surface area contributed by atoms with Gasteiger partial charge in [-0.1, -0.05) is 12.1 Å². The first-order valence-corrected chi connectivity index (χ1v) is 6.78. The standard InChI is InChI=1S/C15H17N3O2/c1-15(14(19)20)6-8-18(9-7-15)13-11-4-2-3-5-12(11)16-10-17-13/h2-5,10H,6-9H2,1H3,(H,19,20). The second kappa shape index (κ2) is 4.74. The summed E-state index contributed by atoms with van der Waals surface area (Å²) in [7, 11) is 0. The van der Waals surface area contributed by atoms with Gasteiger partial charge in [-0.25, -0.2) is 9.97 Å². The number of para-hydroxylation sites is 1. The van der Waals surface area contributed by atoms with Gasteiger partial charge in [0, 0.05) is 18.5 Å². The maximum Gasteiger partial charge on any atom is 0.309 e.